The van der Waals surface area contributed by atoms with Gasteiger partial charge in [0.25, 0.3) is 15.9 Å². The second kappa shape index (κ2) is 9.32. The molecule has 0 spiro atoms. The van der Waals surface area contributed by atoms with Crippen molar-refractivity contribution >= 4 is 38.6 Å². The van der Waals surface area contributed by atoms with Gasteiger partial charge in [0, 0.05) is 17.8 Å². The lowest BCUT2D eigenvalue weighted by Gasteiger charge is -2.30. The van der Waals surface area contributed by atoms with Crippen LogP contribution < -0.4 is 23.8 Å². The fourth-order valence-electron chi connectivity index (χ4n) is 3.80. The third kappa shape index (κ3) is 4.36. The van der Waals surface area contributed by atoms with Gasteiger partial charge in [-0.25, -0.2) is 8.42 Å². The smallest absolute Gasteiger partial charge is 0.273 e. The highest BCUT2D eigenvalue weighted by atomic mass is 32.2. The van der Waals surface area contributed by atoms with Gasteiger partial charge in [0.1, 0.15) is 4.21 Å². The third-order valence-electron chi connectivity index (χ3n) is 5.39. The number of carbonyl (C=O) groups is 1. The molecule has 10 heteroatoms. The highest BCUT2D eigenvalue weighted by Crippen LogP contribution is 2.39. The van der Waals surface area contributed by atoms with Crippen LogP contribution in [0, 0.1) is 0 Å². The van der Waals surface area contributed by atoms with Crippen molar-refractivity contribution < 1.29 is 27.4 Å². The molecule has 0 unspecified atom stereocenters. The van der Waals surface area contributed by atoms with Gasteiger partial charge in [-0.05, 0) is 54.1 Å². The first-order chi connectivity index (χ1) is 15.9. The van der Waals surface area contributed by atoms with Crippen LogP contribution in [-0.2, 0) is 16.4 Å². The van der Waals surface area contributed by atoms with E-state index in [9.17, 15) is 13.2 Å². The molecule has 0 bridgehead atoms. The molecule has 0 fully saturated rings. The summed E-state index contributed by atoms with van der Waals surface area (Å²) in [5.74, 6) is 0.721. The summed E-state index contributed by atoms with van der Waals surface area (Å²) in [6.07, 6.45) is 1.50. The van der Waals surface area contributed by atoms with Crippen molar-refractivity contribution in [3.63, 3.8) is 0 Å². The van der Waals surface area contributed by atoms with Crippen molar-refractivity contribution in [1.82, 2.24) is 0 Å². The molecule has 174 valence electrons. The second-order valence-electron chi connectivity index (χ2n) is 7.32. The van der Waals surface area contributed by atoms with Crippen molar-refractivity contribution in [2.24, 2.45) is 0 Å². The van der Waals surface area contributed by atoms with Crippen molar-refractivity contribution in [2.45, 2.75) is 17.1 Å². The molecule has 3 aromatic rings. The third-order valence-corrected chi connectivity index (χ3v) is 8.57. The molecule has 1 N–H and O–H groups in total. The summed E-state index contributed by atoms with van der Waals surface area (Å²) in [4.78, 5) is 13.0. The molecule has 1 amide bonds. The van der Waals surface area contributed by atoms with Crippen molar-refractivity contribution in [3.8, 4) is 17.2 Å². The number of rotatable bonds is 7. The number of aryl methyl sites for hydroxylation is 1. The van der Waals surface area contributed by atoms with Crippen LogP contribution >= 0.6 is 11.3 Å². The highest BCUT2D eigenvalue weighted by Gasteiger charge is 2.30. The van der Waals surface area contributed by atoms with E-state index in [1.165, 1.54) is 37.0 Å². The van der Waals surface area contributed by atoms with Crippen molar-refractivity contribution in [1.29, 1.82) is 0 Å². The summed E-state index contributed by atoms with van der Waals surface area (Å²) in [6, 6.07) is 11.8. The number of nitrogens with zero attached hydrogens (tertiary/aromatic N) is 1. The number of amides is 1. The normalized spacial score (nSPS) is 13.2. The average Bonchev–Trinajstić information content (AvgIpc) is 3.38. The van der Waals surface area contributed by atoms with E-state index in [0.29, 0.717) is 44.9 Å². The van der Waals surface area contributed by atoms with Gasteiger partial charge < -0.3 is 19.5 Å². The van der Waals surface area contributed by atoms with Gasteiger partial charge in [-0.1, -0.05) is 12.1 Å². The van der Waals surface area contributed by atoms with Crippen LogP contribution in [0.25, 0.3) is 0 Å². The highest BCUT2D eigenvalue weighted by molar-refractivity contribution is 7.94. The number of anilines is 2. The molecule has 8 nitrogen and oxygen atoms in total. The number of sulfonamides is 1. The Morgan fingerprint density at radius 1 is 1.03 bits per heavy atom. The second-order valence-corrected chi connectivity index (χ2v) is 10.4. The van der Waals surface area contributed by atoms with E-state index < -0.39 is 15.9 Å². The molecule has 2 aromatic carbocycles. The van der Waals surface area contributed by atoms with Gasteiger partial charge >= 0.3 is 0 Å². The molecular weight excluding hydrogens is 464 g/mol. The number of hydrogen-bond donors (Lipinski definition) is 1. The van der Waals surface area contributed by atoms with Gasteiger partial charge in [0.05, 0.1) is 27.0 Å². The summed E-state index contributed by atoms with van der Waals surface area (Å²) in [5.41, 5.74) is 2.30. The minimum Gasteiger partial charge on any atom is -0.493 e. The topological polar surface area (TPSA) is 94.2 Å². The van der Waals surface area contributed by atoms with Gasteiger partial charge in [0.15, 0.2) is 11.5 Å². The van der Waals surface area contributed by atoms with Gasteiger partial charge in [0.2, 0.25) is 5.75 Å². The number of fused-ring (bicyclic) bond motifs is 1. The molecule has 0 atom stereocenters. The molecule has 33 heavy (non-hydrogen) atoms. The molecule has 1 aromatic heterocycles. The lowest BCUT2D eigenvalue weighted by molar-refractivity contribution is 0.102. The predicted octanol–water partition coefficient (Wildman–Crippen LogP) is 4.17. The number of benzene rings is 2. The van der Waals surface area contributed by atoms with Crippen LogP contribution in [0.5, 0.6) is 17.2 Å². The summed E-state index contributed by atoms with van der Waals surface area (Å²) >= 11 is 1.19. The molecule has 0 saturated carbocycles. The standard InChI is InChI=1S/C23H24N2O6S2/c1-29-19-12-16(13-20(30-2)22(19)31-3)23(26)24-17-9-8-15-6-4-10-25(18(15)14-17)33(27,28)21-7-5-11-32-21/h5,7-9,11-14H,4,6,10H2,1-3H3,(H,24,26). The first-order valence-electron chi connectivity index (χ1n) is 10.2. The van der Waals surface area contributed by atoms with Crippen LogP contribution in [-0.4, -0.2) is 42.2 Å². The Hall–Kier alpha value is -3.24. The minimum absolute atomic E-state index is 0.294. The maximum Gasteiger partial charge on any atom is 0.273 e. The van der Waals surface area contributed by atoms with Crippen LogP contribution in [0.1, 0.15) is 22.3 Å². The van der Waals surface area contributed by atoms with Gasteiger partial charge in [-0.2, -0.15) is 0 Å². The molecule has 0 saturated heterocycles. The molecule has 1 aliphatic rings. The van der Waals surface area contributed by atoms with Crippen LogP contribution in [0.2, 0.25) is 0 Å². The van der Waals surface area contributed by atoms with E-state index in [1.54, 1.807) is 41.8 Å². The fraction of sp³-hybridized carbons (Fsp3) is 0.261. The van der Waals surface area contributed by atoms with E-state index in [1.807, 2.05) is 6.07 Å². The Morgan fingerprint density at radius 2 is 1.76 bits per heavy atom. The molecule has 1 aliphatic heterocycles. The zero-order chi connectivity index (χ0) is 23.6. The van der Waals surface area contributed by atoms with Crippen molar-refractivity contribution in [3.05, 3.63) is 59.0 Å². The van der Waals surface area contributed by atoms with E-state index in [0.717, 1.165) is 18.4 Å². The molecule has 0 aliphatic carbocycles. The van der Waals surface area contributed by atoms with Crippen LogP contribution in [0.3, 0.4) is 0 Å². The molecule has 0 radical (unpaired) electrons. The first-order valence-corrected chi connectivity index (χ1v) is 12.5. The Balaban J connectivity index is 1.65. The Bertz CT molecular complexity index is 1250. The number of ether oxygens (including phenoxy) is 3. The number of hydrogen-bond acceptors (Lipinski definition) is 7. The van der Waals surface area contributed by atoms with Crippen LogP contribution in [0.4, 0.5) is 11.4 Å². The zero-order valence-electron chi connectivity index (χ0n) is 18.5. The lowest BCUT2D eigenvalue weighted by atomic mass is 10.0. The summed E-state index contributed by atoms with van der Waals surface area (Å²) < 4.78 is 44.0. The SMILES string of the molecule is COc1cc(C(=O)Nc2ccc3c(c2)N(S(=O)(=O)c2cccs2)CCC3)cc(OC)c1OC. The predicted molar refractivity (Wildman–Crippen MR) is 128 cm³/mol. The first kappa shape index (κ1) is 22.9. The largest absolute Gasteiger partial charge is 0.493 e. The van der Waals surface area contributed by atoms with Crippen molar-refractivity contribution in [2.75, 3.05) is 37.5 Å². The molecular formula is C23H24N2O6S2. The van der Waals surface area contributed by atoms with Crippen LogP contribution in [0.15, 0.2) is 52.1 Å². The fourth-order valence-corrected chi connectivity index (χ4v) is 6.44. The van der Waals surface area contributed by atoms with E-state index in [4.69, 9.17) is 14.2 Å². The maximum atomic E-state index is 13.2. The van der Waals surface area contributed by atoms with Gasteiger partial charge in [-0.15, -0.1) is 11.3 Å². The number of carbonyl (C=O) groups excluding carboxylic acids is 1. The minimum atomic E-state index is -3.66. The number of methoxy groups -OCH3 is 3. The Labute approximate surface area is 196 Å². The quantitative estimate of drug-likeness (QED) is 0.537. The van der Waals surface area contributed by atoms with Gasteiger partial charge in [-0.3, -0.25) is 9.10 Å². The monoisotopic (exact) mass is 488 g/mol. The van der Waals surface area contributed by atoms with E-state index >= 15 is 0 Å². The summed E-state index contributed by atoms with van der Waals surface area (Å²) in [7, 11) is 0.781. The lowest BCUT2D eigenvalue weighted by Crippen LogP contribution is -2.35. The number of thiophene rings is 1. The molecule has 2 heterocycles. The summed E-state index contributed by atoms with van der Waals surface area (Å²) in [5, 5.41) is 4.59. The maximum absolute atomic E-state index is 13.2. The number of nitrogens with one attached hydrogen (secondary N) is 1. The Morgan fingerprint density at radius 3 is 2.36 bits per heavy atom. The zero-order valence-corrected chi connectivity index (χ0v) is 20.1. The van der Waals surface area contributed by atoms with E-state index in [2.05, 4.69) is 5.32 Å². The Kier molecular flexibility index (Phi) is 6.48. The summed E-state index contributed by atoms with van der Waals surface area (Å²) in [6.45, 7) is 0.386. The van der Waals surface area contributed by atoms with E-state index in [-0.39, 0.29) is 0 Å². The molecule has 4 rings (SSSR count). The average molecular weight is 489 g/mol.